The summed E-state index contributed by atoms with van der Waals surface area (Å²) < 4.78 is 0. The molecule has 0 atom stereocenters. The lowest BCUT2D eigenvalue weighted by atomic mass is 9.99. The summed E-state index contributed by atoms with van der Waals surface area (Å²) in [5.41, 5.74) is 16.8. The Labute approximate surface area is 209 Å². The highest BCUT2D eigenvalue weighted by molar-refractivity contribution is 5.62. The van der Waals surface area contributed by atoms with E-state index in [9.17, 15) is 0 Å². The van der Waals surface area contributed by atoms with Gasteiger partial charge in [-0.05, 0) is 59.7 Å². The predicted molar refractivity (Wildman–Crippen MR) is 146 cm³/mol. The van der Waals surface area contributed by atoms with Crippen molar-refractivity contribution >= 4 is 40.6 Å². The van der Waals surface area contributed by atoms with Crippen molar-refractivity contribution in [3.8, 4) is 0 Å². The molecule has 0 bridgehead atoms. The molecular formula is C28H26N8. The van der Waals surface area contributed by atoms with Gasteiger partial charge in [-0.1, -0.05) is 60.7 Å². The zero-order valence-electron chi connectivity index (χ0n) is 19.5. The lowest BCUT2D eigenvalue weighted by Gasteiger charge is -2.20. The van der Waals surface area contributed by atoms with Crippen molar-refractivity contribution in [2.45, 2.75) is 6.04 Å². The van der Waals surface area contributed by atoms with E-state index in [-0.39, 0.29) is 6.04 Å². The van der Waals surface area contributed by atoms with E-state index in [1.807, 2.05) is 84.9 Å². The van der Waals surface area contributed by atoms with Gasteiger partial charge in [-0.2, -0.15) is 15.0 Å². The summed E-state index contributed by atoms with van der Waals surface area (Å²) in [6.07, 6.45) is 0. The third-order valence-electron chi connectivity index (χ3n) is 5.51. The molecule has 1 heterocycles. The van der Waals surface area contributed by atoms with Crippen molar-refractivity contribution in [1.29, 1.82) is 0 Å². The summed E-state index contributed by atoms with van der Waals surface area (Å²) in [7, 11) is 0. The average Bonchev–Trinajstić information content (AvgIpc) is 2.91. The van der Waals surface area contributed by atoms with Gasteiger partial charge < -0.3 is 27.4 Å². The van der Waals surface area contributed by atoms with Gasteiger partial charge >= 0.3 is 0 Å². The smallest absolute Gasteiger partial charge is 0.233 e. The molecule has 7 N–H and O–H groups in total. The van der Waals surface area contributed by atoms with Crippen LogP contribution in [-0.2, 0) is 0 Å². The Morgan fingerprint density at radius 2 is 0.861 bits per heavy atom. The van der Waals surface area contributed by atoms with Crippen LogP contribution in [0.15, 0.2) is 109 Å². The number of benzene rings is 4. The van der Waals surface area contributed by atoms with Gasteiger partial charge in [0.25, 0.3) is 0 Å². The van der Waals surface area contributed by atoms with E-state index in [4.69, 9.17) is 11.5 Å². The summed E-state index contributed by atoms with van der Waals surface area (Å²) >= 11 is 0. The van der Waals surface area contributed by atoms with E-state index in [1.165, 1.54) is 0 Å². The maximum atomic E-state index is 5.83. The van der Waals surface area contributed by atoms with Crippen molar-refractivity contribution in [3.63, 3.8) is 0 Å². The highest BCUT2D eigenvalue weighted by Crippen LogP contribution is 2.27. The Morgan fingerprint density at radius 3 is 1.28 bits per heavy atom. The van der Waals surface area contributed by atoms with Gasteiger partial charge in [0.15, 0.2) is 0 Å². The summed E-state index contributed by atoms with van der Waals surface area (Å²) in [6, 6.07) is 35.0. The lowest BCUT2D eigenvalue weighted by molar-refractivity contribution is 0.901. The molecule has 0 aliphatic carbocycles. The van der Waals surface area contributed by atoms with Crippen LogP contribution in [0.3, 0.4) is 0 Å². The third kappa shape index (κ3) is 5.68. The predicted octanol–water partition coefficient (Wildman–Crippen LogP) is 5.72. The SMILES string of the molecule is Nc1ccc(Nc2nc(Nc3ccc(N)cc3)nc(NC(c3ccccc3)c3ccccc3)n2)cc1. The third-order valence-corrected chi connectivity index (χ3v) is 5.51. The minimum absolute atomic E-state index is 0.163. The number of nitrogen functional groups attached to an aromatic ring is 2. The van der Waals surface area contributed by atoms with Gasteiger partial charge in [-0.25, -0.2) is 0 Å². The Morgan fingerprint density at radius 1 is 0.472 bits per heavy atom. The Hall–Kier alpha value is -5.11. The van der Waals surface area contributed by atoms with Gasteiger partial charge in [0, 0.05) is 22.7 Å². The summed E-state index contributed by atoms with van der Waals surface area (Å²) in [5.74, 6) is 1.18. The van der Waals surface area contributed by atoms with Crippen molar-refractivity contribution in [2.75, 3.05) is 27.4 Å². The highest BCUT2D eigenvalue weighted by Gasteiger charge is 2.17. The molecule has 0 spiro atoms. The van der Waals surface area contributed by atoms with E-state index < -0.39 is 0 Å². The lowest BCUT2D eigenvalue weighted by Crippen LogP contribution is -2.16. The van der Waals surface area contributed by atoms with Crippen LogP contribution >= 0.6 is 0 Å². The van der Waals surface area contributed by atoms with Crippen molar-refractivity contribution < 1.29 is 0 Å². The number of rotatable bonds is 8. The molecule has 178 valence electrons. The van der Waals surface area contributed by atoms with E-state index in [1.54, 1.807) is 0 Å². The van der Waals surface area contributed by atoms with Crippen molar-refractivity contribution in [1.82, 2.24) is 15.0 Å². The molecule has 8 nitrogen and oxygen atoms in total. The minimum atomic E-state index is -0.163. The number of nitrogens with two attached hydrogens (primary N) is 2. The Balaban J connectivity index is 1.51. The van der Waals surface area contributed by atoms with Crippen LogP contribution < -0.4 is 27.4 Å². The first kappa shape index (κ1) is 22.7. The normalized spacial score (nSPS) is 10.7. The Kier molecular flexibility index (Phi) is 6.57. The molecule has 0 unspecified atom stereocenters. The zero-order chi connectivity index (χ0) is 24.7. The minimum Gasteiger partial charge on any atom is -0.399 e. The summed E-state index contributed by atoms with van der Waals surface area (Å²) in [6.45, 7) is 0. The Bertz CT molecular complexity index is 1300. The highest BCUT2D eigenvalue weighted by atomic mass is 15.3. The van der Waals surface area contributed by atoms with E-state index in [0.717, 1.165) is 22.5 Å². The number of hydrogen-bond donors (Lipinski definition) is 5. The largest absolute Gasteiger partial charge is 0.399 e. The van der Waals surface area contributed by atoms with Crippen molar-refractivity contribution in [3.05, 3.63) is 120 Å². The molecule has 5 rings (SSSR count). The number of anilines is 7. The molecule has 0 aliphatic rings. The van der Waals surface area contributed by atoms with Gasteiger partial charge in [0.05, 0.1) is 6.04 Å². The molecule has 0 saturated carbocycles. The molecule has 4 aromatic carbocycles. The second-order valence-electron chi connectivity index (χ2n) is 8.20. The van der Waals surface area contributed by atoms with Gasteiger partial charge in [-0.3, -0.25) is 0 Å². The summed E-state index contributed by atoms with van der Waals surface area (Å²) in [5, 5.41) is 9.98. The number of aromatic nitrogens is 3. The molecule has 0 saturated heterocycles. The molecule has 36 heavy (non-hydrogen) atoms. The number of nitrogens with one attached hydrogen (secondary N) is 3. The van der Waals surface area contributed by atoms with Crippen LogP contribution in [0, 0.1) is 0 Å². The second kappa shape index (κ2) is 10.4. The van der Waals surface area contributed by atoms with Crippen LogP contribution in [0.4, 0.5) is 40.6 Å². The first-order valence-corrected chi connectivity index (χ1v) is 11.5. The van der Waals surface area contributed by atoms with Crippen LogP contribution in [0.5, 0.6) is 0 Å². The fourth-order valence-corrected chi connectivity index (χ4v) is 3.72. The number of nitrogens with zero attached hydrogens (tertiary/aromatic N) is 3. The topological polar surface area (TPSA) is 127 Å². The van der Waals surface area contributed by atoms with E-state index >= 15 is 0 Å². The zero-order valence-corrected chi connectivity index (χ0v) is 19.5. The molecule has 5 aromatic rings. The van der Waals surface area contributed by atoms with Crippen LogP contribution in [0.2, 0.25) is 0 Å². The molecular weight excluding hydrogens is 448 g/mol. The monoisotopic (exact) mass is 474 g/mol. The van der Waals surface area contributed by atoms with Crippen LogP contribution in [0.25, 0.3) is 0 Å². The first-order valence-electron chi connectivity index (χ1n) is 11.5. The second-order valence-corrected chi connectivity index (χ2v) is 8.20. The van der Waals surface area contributed by atoms with Gasteiger partial charge in [-0.15, -0.1) is 0 Å². The fourth-order valence-electron chi connectivity index (χ4n) is 3.72. The maximum Gasteiger partial charge on any atom is 0.233 e. The molecule has 1 aromatic heterocycles. The van der Waals surface area contributed by atoms with E-state index in [0.29, 0.717) is 29.2 Å². The first-order chi connectivity index (χ1) is 17.6. The van der Waals surface area contributed by atoms with Crippen molar-refractivity contribution in [2.24, 2.45) is 0 Å². The fraction of sp³-hybridized carbons (Fsp3) is 0.0357. The quantitative estimate of drug-likeness (QED) is 0.181. The maximum absolute atomic E-state index is 5.83. The van der Waals surface area contributed by atoms with Crippen LogP contribution in [0.1, 0.15) is 17.2 Å². The molecule has 0 amide bonds. The van der Waals surface area contributed by atoms with E-state index in [2.05, 4.69) is 55.2 Å². The van der Waals surface area contributed by atoms with Gasteiger partial charge in [0.1, 0.15) is 0 Å². The molecule has 8 heteroatoms. The molecule has 0 aliphatic heterocycles. The van der Waals surface area contributed by atoms with Crippen LogP contribution in [-0.4, -0.2) is 15.0 Å². The average molecular weight is 475 g/mol. The summed E-state index contributed by atoms with van der Waals surface area (Å²) in [4.78, 5) is 13.9. The standard InChI is InChI=1S/C28H26N8/c29-21-11-15-23(16-12-21)31-26-34-27(32-24-17-13-22(30)14-18-24)36-28(35-26)33-25(19-7-3-1-4-8-19)20-9-5-2-6-10-20/h1-18,25H,29-30H2,(H3,31,32,33,34,35,36). The van der Waals surface area contributed by atoms with Gasteiger partial charge in [0.2, 0.25) is 17.8 Å². The molecule has 0 radical (unpaired) electrons. The molecule has 0 fully saturated rings. The number of hydrogen-bond acceptors (Lipinski definition) is 8.